The molecular weight excluding hydrogens is 330 g/mol. The van der Waals surface area contributed by atoms with Crippen molar-refractivity contribution in [1.82, 2.24) is 20.7 Å². The standard InChI is InChI=1S/C19H35N5O2/c1-7-9-10-16(8-2)11-20-19(22-13-18(25)24(5)6)21-12-17-14(3)23-26-15(17)4/h16H,7-13H2,1-6H3,(H2,20,21,22). The first kappa shape index (κ1) is 22.0. The van der Waals surface area contributed by atoms with Crippen LogP contribution in [0.4, 0.5) is 0 Å². The molecule has 1 rings (SSSR count). The molecule has 0 aliphatic carbocycles. The van der Waals surface area contributed by atoms with Gasteiger partial charge in [-0.05, 0) is 26.2 Å². The lowest BCUT2D eigenvalue weighted by molar-refractivity contribution is -0.127. The summed E-state index contributed by atoms with van der Waals surface area (Å²) in [4.78, 5) is 18.1. The topological polar surface area (TPSA) is 82.8 Å². The number of carbonyl (C=O) groups excluding carboxylic acids is 1. The molecule has 1 atom stereocenters. The van der Waals surface area contributed by atoms with E-state index in [1.54, 1.807) is 19.0 Å². The van der Waals surface area contributed by atoms with E-state index in [0.717, 1.165) is 30.0 Å². The number of nitrogens with one attached hydrogen (secondary N) is 2. The molecular formula is C19H35N5O2. The molecule has 0 spiro atoms. The van der Waals surface area contributed by atoms with Gasteiger partial charge in [-0.25, -0.2) is 4.99 Å². The van der Waals surface area contributed by atoms with Crippen LogP contribution in [0.25, 0.3) is 0 Å². The molecule has 148 valence electrons. The fraction of sp³-hybridized carbons (Fsp3) is 0.737. The summed E-state index contributed by atoms with van der Waals surface area (Å²) < 4.78 is 5.20. The number of aromatic nitrogens is 1. The highest BCUT2D eigenvalue weighted by molar-refractivity contribution is 5.86. The Labute approximate surface area is 157 Å². The molecule has 0 saturated carbocycles. The van der Waals surface area contributed by atoms with Crippen LogP contribution in [0.1, 0.15) is 56.5 Å². The SMILES string of the molecule is CCCCC(CC)CNC(=NCc1c(C)noc1C)NCC(=O)N(C)C. The molecule has 7 heteroatoms. The van der Waals surface area contributed by atoms with Gasteiger partial charge in [-0.3, -0.25) is 4.79 Å². The predicted octanol–water partition coefficient (Wildman–Crippen LogP) is 2.63. The Hall–Kier alpha value is -2.05. The fourth-order valence-corrected chi connectivity index (χ4v) is 2.56. The second-order valence-corrected chi connectivity index (χ2v) is 6.91. The second kappa shape index (κ2) is 11.5. The molecule has 0 radical (unpaired) electrons. The predicted molar refractivity (Wildman–Crippen MR) is 105 cm³/mol. The van der Waals surface area contributed by atoms with E-state index < -0.39 is 0 Å². The maximum Gasteiger partial charge on any atom is 0.241 e. The van der Waals surface area contributed by atoms with E-state index in [4.69, 9.17) is 4.52 Å². The van der Waals surface area contributed by atoms with Crippen LogP contribution < -0.4 is 10.6 Å². The lowest BCUT2D eigenvalue weighted by Crippen LogP contribution is -2.44. The van der Waals surface area contributed by atoms with E-state index in [-0.39, 0.29) is 12.5 Å². The van der Waals surface area contributed by atoms with Crippen molar-refractivity contribution in [2.45, 2.75) is 59.9 Å². The zero-order valence-corrected chi connectivity index (χ0v) is 17.2. The lowest BCUT2D eigenvalue weighted by atomic mass is 9.99. The number of guanidine groups is 1. The third-order valence-corrected chi connectivity index (χ3v) is 4.58. The first-order chi connectivity index (χ1) is 12.4. The number of likely N-dealkylation sites (N-methyl/N-ethyl adjacent to an activating group) is 1. The van der Waals surface area contributed by atoms with Gasteiger partial charge in [0, 0.05) is 26.2 Å². The Bertz CT molecular complexity index is 561. The molecule has 0 fully saturated rings. The monoisotopic (exact) mass is 365 g/mol. The van der Waals surface area contributed by atoms with Crippen molar-refractivity contribution in [3.05, 3.63) is 17.0 Å². The second-order valence-electron chi connectivity index (χ2n) is 6.91. The molecule has 0 aliphatic heterocycles. The highest BCUT2D eigenvalue weighted by atomic mass is 16.5. The van der Waals surface area contributed by atoms with Crippen LogP contribution in [-0.2, 0) is 11.3 Å². The normalized spacial score (nSPS) is 12.8. The van der Waals surface area contributed by atoms with Gasteiger partial charge in [0.1, 0.15) is 5.76 Å². The quantitative estimate of drug-likeness (QED) is 0.492. The number of carbonyl (C=O) groups is 1. The third kappa shape index (κ3) is 7.45. The molecule has 0 bridgehead atoms. The zero-order chi connectivity index (χ0) is 19.5. The Morgan fingerprint density at radius 2 is 2.00 bits per heavy atom. The van der Waals surface area contributed by atoms with E-state index in [1.165, 1.54) is 19.3 Å². The summed E-state index contributed by atoms with van der Waals surface area (Å²) in [5.41, 5.74) is 1.84. The number of hydrogen-bond acceptors (Lipinski definition) is 4. The van der Waals surface area contributed by atoms with Crippen LogP contribution in [-0.4, -0.2) is 49.1 Å². The minimum atomic E-state index is 0.00913. The molecule has 1 aromatic rings. The molecule has 1 amide bonds. The highest BCUT2D eigenvalue weighted by Crippen LogP contribution is 2.13. The minimum absolute atomic E-state index is 0.00913. The molecule has 1 aromatic heterocycles. The summed E-state index contributed by atoms with van der Waals surface area (Å²) >= 11 is 0. The Kier molecular flexibility index (Phi) is 9.76. The number of amides is 1. The summed E-state index contributed by atoms with van der Waals surface area (Å²) in [6.45, 7) is 9.76. The van der Waals surface area contributed by atoms with E-state index in [1.807, 2.05) is 13.8 Å². The number of aliphatic imine (C=N–C) groups is 1. The van der Waals surface area contributed by atoms with Crippen LogP contribution in [0, 0.1) is 19.8 Å². The molecule has 0 aromatic carbocycles. The number of hydrogen-bond donors (Lipinski definition) is 2. The van der Waals surface area contributed by atoms with E-state index >= 15 is 0 Å². The van der Waals surface area contributed by atoms with E-state index in [2.05, 4.69) is 34.6 Å². The van der Waals surface area contributed by atoms with Crippen LogP contribution >= 0.6 is 0 Å². The van der Waals surface area contributed by atoms with Gasteiger partial charge in [0.2, 0.25) is 5.91 Å². The number of nitrogens with zero attached hydrogens (tertiary/aromatic N) is 3. The summed E-state index contributed by atoms with van der Waals surface area (Å²) in [6.07, 6.45) is 4.77. The van der Waals surface area contributed by atoms with Gasteiger partial charge >= 0.3 is 0 Å². The van der Waals surface area contributed by atoms with Crippen LogP contribution in [0.3, 0.4) is 0 Å². The maximum absolute atomic E-state index is 11.9. The average Bonchev–Trinajstić information content (AvgIpc) is 2.94. The van der Waals surface area contributed by atoms with Gasteiger partial charge in [-0.15, -0.1) is 0 Å². The largest absolute Gasteiger partial charge is 0.361 e. The van der Waals surface area contributed by atoms with Crippen molar-refractivity contribution in [2.24, 2.45) is 10.9 Å². The average molecular weight is 366 g/mol. The lowest BCUT2D eigenvalue weighted by Gasteiger charge is -2.19. The van der Waals surface area contributed by atoms with Gasteiger partial charge in [0.05, 0.1) is 18.8 Å². The van der Waals surface area contributed by atoms with Gasteiger partial charge in [-0.1, -0.05) is 38.3 Å². The number of aryl methyl sites for hydroxylation is 2. The van der Waals surface area contributed by atoms with Crippen molar-refractivity contribution >= 4 is 11.9 Å². The van der Waals surface area contributed by atoms with E-state index in [9.17, 15) is 4.79 Å². The smallest absolute Gasteiger partial charge is 0.241 e. The van der Waals surface area contributed by atoms with Gasteiger partial charge in [0.15, 0.2) is 5.96 Å². The summed E-state index contributed by atoms with van der Waals surface area (Å²) in [6, 6.07) is 0. The van der Waals surface area contributed by atoms with Crippen LogP contribution in [0.5, 0.6) is 0 Å². The molecule has 2 N–H and O–H groups in total. The Morgan fingerprint density at radius 3 is 2.54 bits per heavy atom. The molecule has 1 heterocycles. The first-order valence-corrected chi connectivity index (χ1v) is 9.53. The van der Waals surface area contributed by atoms with Gasteiger partial charge < -0.3 is 20.1 Å². The minimum Gasteiger partial charge on any atom is -0.361 e. The van der Waals surface area contributed by atoms with Crippen LogP contribution in [0.15, 0.2) is 9.52 Å². The molecule has 26 heavy (non-hydrogen) atoms. The maximum atomic E-state index is 11.9. The molecule has 7 nitrogen and oxygen atoms in total. The summed E-state index contributed by atoms with van der Waals surface area (Å²) in [7, 11) is 3.49. The van der Waals surface area contributed by atoms with Crippen molar-refractivity contribution in [3.63, 3.8) is 0 Å². The molecule has 0 saturated heterocycles. The zero-order valence-electron chi connectivity index (χ0n) is 17.2. The van der Waals surface area contributed by atoms with E-state index in [0.29, 0.717) is 18.4 Å². The van der Waals surface area contributed by atoms with Gasteiger partial charge in [0.25, 0.3) is 0 Å². The molecule has 0 aliphatic rings. The fourth-order valence-electron chi connectivity index (χ4n) is 2.56. The summed E-state index contributed by atoms with van der Waals surface area (Å²) in [5.74, 6) is 2.04. The highest BCUT2D eigenvalue weighted by Gasteiger charge is 2.12. The van der Waals surface area contributed by atoms with Crippen molar-refractivity contribution in [3.8, 4) is 0 Å². The Balaban J connectivity index is 2.74. The third-order valence-electron chi connectivity index (χ3n) is 4.58. The summed E-state index contributed by atoms with van der Waals surface area (Å²) in [5, 5.41) is 10.5. The van der Waals surface area contributed by atoms with Gasteiger partial charge in [-0.2, -0.15) is 0 Å². The number of rotatable bonds is 10. The first-order valence-electron chi connectivity index (χ1n) is 9.53. The number of unbranched alkanes of at least 4 members (excludes halogenated alkanes) is 1. The van der Waals surface area contributed by atoms with Crippen molar-refractivity contribution < 1.29 is 9.32 Å². The van der Waals surface area contributed by atoms with Crippen LogP contribution in [0.2, 0.25) is 0 Å². The van der Waals surface area contributed by atoms with Crippen molar-refractivity contribution in [2.75, 3.05) is 27.2 Å². The molecule has 1 unspecified atom stereocenters. The van der Waals surface area contributed by atoms with Crippen molar-refractivity contribution in [1.29, 1.82) is 0 Å². The Morgan fingerprint density at radius 1 is 1.27 bits per heavy atom.